The molecule has 6 heteroatoms. The lowest BCUT2D eigenvalue weighted by molar-refractivity contribution is -0.0356. The molecule has 1 saturated heterocycles. The average molecular weight is 357 g/mol. The summed E-state index contributed by atoms with van der Waals surface area (Å²) in [6, 6.07) is 0.333. The maximum absolute atomic E-state index is 12.5. The van der Waals surface area contributed by atoms with Gasteiger partial charge in [0.15, 0.2) is 0 Å². The number of aliphatic hydroxyl groups excluding tert-OH is 1. The van der Waals surface area contributed by atoms with Gasteiger partial charge in [-0.25, -0.2) is 4.79 Å². The van der Waals surface area contributed by atoms with Crippen molar-refractivity contribution in [2.45, 2.75) is 71.1 Å². The number of amides is 1. The minimum Gasteiger partial charge on any atom is -0.444 e. The van der Waals surface area contributed by atoms with Gasteiger partial charge in [0.05, 0.1) is 19.3 Å². The van der Waals surface area contributed by atoms with Gasteiger partial charge in [0, 0.05) is 19.2 Å². The minimum absolute atomic E-state index is 0.0447. The van der Waals surface area contributed by atoms with Crippen molar-refractivity contribution in [1.82, 2.24) is 10.2 Å². The Hall–Kier alpha value is -0.850. The van der Waals surface area contributed by atoms with Crippen molar-refractivity contribution in [1.29, 1.82) is 0 Å². The molecule has 2 N–H and O–H groups in total. The molecule has 1 amide bonds. The third-order valence-electron chi connectivity index (χ3n) is 5.26. The van der Waals surface area contributed by atoms with Crippen molar-refractivity contribution < 1.29 is 19.4 Å². The number of hydrogen-bond donors (Lipinski definition) is 2. The number of carbonyl (C=O) groups is 1. The molecule has 4 unspecified atom stereocenters. The Bertz CT molecular complexity index is 424. The normalized spacial score (nSPS) is 28.8. The first-order valence-electron chi connectivity index (χ1n) is 9.71. The van der Waals surface area contributed by atoms with Gasteiger partial charge in [0.1, 0.15) is 5.60 Å². The third kappa shape index (κ3) is 6.42. The molecule has 0 aromatic carbocycles. The second kappa shape index (κ2) is 9.19. The Morgan fingerprint density at radius 3 is 2.76 bits per heavy atom. The smallest absolute Gasteiger partial charge is 0.410 e. The number of aliphatic hydroxyl groups is 1. The van der Waals surface area contributed by atoms with Crippen molar-refractivity contribution in [3.05, 3.63) is 0 Å². The summed E-state index contributed by atoms with van der Waals surface area (Å²) >= 11 is 0. The highest BCUT2D eigenvalue weighted by Crippen LogP contribution is 2.30. The molecular formula is C19H36N2O4. The fraction of sp³-hybridized carbons (Fsp3) is 0.947. The summed E-state index contributed by atoms with van der Waals surface area (Å²) in [5.74, 6) is 1.01. The maximum Gasteiger partial charge on any atom is 0.410 e. The molecule has 1 saturated carbocycles. The molecule has 0 radical (unpaired) electrons. The number of ether oxygens (including phenoxy) is 2. The van der Waals surface area contributed by atoms with Crippen molar-refractivity contribution in [2.24, 2.45) is 11.8 Å². The predicted molar refractivity (Wildman–Crippen MR) is 97.5 cm³/mol. The van der Waals surface area contributed by atoms with E-state index in [9.17, 15) is 9.90 Å². The predicted octanol–water partition coefficient (Wildman–Crippen LogP) is 2.40. The van der Waals surface area contributed by atoms with E-state index in [2.05, 4.69) is 12.2 Å². The Balaban J connectivity index is 1.82. The first kappa shape index (κ1) is 20.5. The van der Waals surface area contributed by atoms with Gasteiger partial charge < -0.3 is 24.8 Å². The highest BCUT2D eigenvalue weighted by atomic mass is 16.6. The van der Waals surface area contributed by atoms with Crippen LogP contribution in [0.4, 0.5) is 4.79 Å². The standard InChI is InChI=1S/C19H36N2O4/c1-14(20-11-15-6-5-7-16(15)12-22)10-17-13-24-9-8-21(17)18(23)25-19(2,3)4/h14-17,20,22H,5-13H2,1-4H3. The van der Waals surface area contributed by atoms with Gasteiger partial charge >= 0.3 is 6.09 Å². The number of carbonyl (C=O) groups excluding carboxylic acids is 1. The summed E-state index contributed by atoms with van der Waals surface area (Å²) in [4.78, 5) is 14.3. The fourth-order valence-corrected chi connectivity index (χ4v) is 3.88. The molecule has 2 rings (SSSR count). The van der Waals surface area contributed by atoms with Gasteiger partial charge in [-0.1, -0.05) is 6.42 Å². The van der Waals surface area contributed by atoms with Gasteiger partial charge in [-0.15, -0.1) is 0 Å². The van der Waals surface area contributed by atoms with Crippen LogP contribution in [-0.4, -0.2) is 66.7 Å². The zero-order valence-corrected chi connectivity index (χ0v) is 16.3. The van der Waals surface area contributed by atoms with E-state index in [0.29, 0.717) is 38.2 Å². The first-order valence-corrected chi connectivity index (χ1v) is 9.71. The van der Waals surface area contributed by atoms with Crippen LogP contribution >= 0.6 is 0 Å². The van der Waals surface area contributed by atoms with Gasteiger partial charge in [-0.2, -0.15) is 0 Å². The quantitative estimate of drug-likeness (QED) is 0.765. The van der Waals surface area contributed by atoms with Crippen LogP contribution in [0.2, 0.25) is 0 Å². The van der Waals surface area contributed by atoms with Crippen LogP contribution in [0.15, 0.2) is 0 Å². The average Bonchev–Trinajstić information content (AvgIpc) is 2.99. The van der Waals surface area contributed by atoms with Crippen molar-refractivity contribution in [2.75, 3.05) is 32.9 Å². The van der Waals surface area contributed by atoms with E-state index in [1.54, 1.807) is 0 Å². The SMILES string of the molecule is CC(CC1COCCN1C(=O)OC(C)(C)C)NCC1CCCC1CO. The summed E-state index contributed by atoms with van der Waals surface area (Å²) in [6.45, 7) is 10.8. The molecular weight excluding hydrogens is 320 g/mol. The lowest BCUT2D eigenvalue weighted by atomic mass is 9.96. The van der Waals surface area contributed by atoms with Crippen LogP contribution in [0.1, 0.15) is 53.4 Å². The van der Waals surface area contributed by atoms with Gasteiger partial charge in [0.2, 0.25) is 0 Å². The second-order valence-electron chi connectivity index (χ2n) is 8.58. The van der Waals surface area contributed by atoms with Gasteiger partial charge in [-0.05, 0) is 65.3 Å². The highest BCUT2D eigenvalue weighted by Gasteiger charge is 2.32. The molecule has 1 aliphatic carbocycles. The van der Waals surface area contributed by atoms with Crippen LogP contribution in [0.25, 0.3) is 0 Å². The van der Waals surface area contributed by atoms with Crippen molar-refractivity contribution in [3.63, 3.8) is 0 Å². The molecule has 146 valence electrons. The molecule has 25 heavy (non-hydrogen) atoms. The number of nitrogens with zero attached hydrogens (tertiary/aromatic N) is 1. The van der Waals surface area contributed by atoms with E-state index in [1.807, 2.05) is 25.7 Å². The summed E-state index contributed by atoms with van der Waals surface area (Å²) in [5.41, 5.74) is -0.481. The fourth-order valence-electron chi connectivity index (χ4n) is 3.88. The lowest BCUT2D eigenvalue weighted by Gasteiger charge is -2.38. The molecule has 2 aliphatic rings. The third-order valence-corrected chi connectivity index (χ3v) is 5.26. The molecule has 4 atom stereocenters. The number of rotatable bonds is 6. The lowest BCUT2D eigenvalue weighted by Crippen LogP contribution is -2.52. The Morgan fingerprint density at radius 2 is 2.08 bits per heavy atom. The Labute approximate surface area is 152 Å². The molecule has 1 aliphatic heterocycles. The highest BCUT2D eigenvalue weighted by molar-refractivity contribution is 5.68. The molecule has 1 heterocycles. The van der Waals surface area contributed by atoms with E-state index >= 15 is 0 Å². The maximum atomic E-state index is 12.5. The van der Waals surface area contributed by atoms with E-state index in [1.165, 1.54) is 12.8 Å². The number of hydrogen-bond acceptors (Lipinski definition) is 5. The van der Waals surface area contributed by atoms with Crippen LogP contribution in [0.3, 0.4) is 0 Å². The summed E-state index contributed by atoms with van der Waals surface area (Å²) in [7, 11) is 0. The van der Waals surface area contributed by atoms with E-state index in [4.69, 9.17) is 9.47 Å². The molecule has 2 fully saturated rings. The molecule has 6 nitrogen and oxygen atoms in total. The van der Waals surface area contributed by atoms with Crippen LogP contribution in [0.5, 0.6) is 0 Å². The summed E-state index contributed by atoms with van der Waals surface area (Å²) in [6.07, 6.45) is 4.15. The zero-order valence-electron chi connectivity index (χ0n) is 16.3. The van der Waals surface area contributed by atoms with Crippen molar-refractivity contribution >= 4 is 6.09 Å². The largest absolute Gasteiger partial charge is 0.444 e. The van der Waals surface area contributed by atoms with Crippen molar-refractivity contribution in [3.8, 4) is 0 Å². The van der Waals surface area contributed by atoms with Gasteiger partial charge in [0.25, 0.3) is 0 Å². The summed E-state index contributed by atoms with van der Waals surface area (Å²) < 4.78 is 11.1. The molecule has 0 spiro atoms. The van der Waals surface area contributed by atoms with Crippen LogP contribution in [0, 0.1) is 11.8 Å². The topological polar surface area (TPSA) is 71.0 Å². The van der Waals surface area contributed by atoms with Gasteiger partial charge in [-0.3, -0.25) is 0 Å². The minimum atomic E-state index is -0.481. The summed E-state index contributed by atoms with van der Waals surface area (Å²) in [5, 5.41) is 13.0. The van der Waals surface area contributed by atoms with Crippen LogP contribution < -0.4 is 5.32 Å². The first-order chi connectivity index (χ1) is 11.8. The molecule has 0 bridgehead atoms. The second-order valence-corrected chi connectivity index (χ2v) is 8.58. The molecule has 0 aromatic rings. The van der Waals surface area contributed by atoms with E-state index < -0.39 is 5.60 Å². The van der Waals surface area contributed by atoms with Crippen LogP contribution in [-0.2, 0) is 9.47 Å². The molecule has 0 aromatic heterocycles. The monoisotopic (exact) mass is 356 g/mol. The van der Waals surface area contributed by atoms with E-state index in [0.717, 1.165) is 19.4 Å². The number of morpholine rings is 1. The Kier molecular flexibility index (Phi) is 7.52. The zero-order chi connectivity index (χ0) is 18.4. The number of nitrogens with one attached hydrogen (secondary N) is 1. The van der Waals surface area contributed by atoms with E-state index in [-0.39, 0.29) is 18.2 Å². The Morgan fingerprint density at radius 1 is 1.36 bits per heavy atom.